The Balaban J connectivity index is 1.90. The maximum atomic E-state index is 12.0. The molecular weight excluding hydrogens is 372 g/mol. The molecule has 2 aromatic carbocycles. The van der Waals surface area contributed by atoms with Crippen LogP contribution in [0.15, 0.2) is 59.2 Å². The van der Waals surface area contributed by atoms with Crippen molar-refractivity contribution in [1.82, 2.24) is 10.2 Å². The Labute approximate surface area is 160 Å². The van der Waals surface area contributed by atoms with Crippen LogP contribution in [0, 0.1) is 0 Å². The summed E-state index contributed by atoms with van der Waals surface area (Å²) in [5, 5.41) is 8.44. The van der Waals surface area contributed by atoms with Gasteiger partial charge in [0.05, 0.1) is 20.5 Å². The van der Waals surface area contributed by atoms with Gasteiger partial charge in [0.15, 0.2) is 0 Å². The standard InChI is InChI=1S/C19H15ClN2O5/c1-24-11-15(18(23)25-2)14-5-3-4-6-16(14)26-19-22-21-17(27-19)12-7-9-13(20)10-8-12/h3-11H,1-2H3. The molecular formula is C19H15ClN2O5. The third kappa shape index (κ3) is 4.27. The molecule has 1 aromatic heterocycles. The van der Waals surface area contributed by atoms with Gasteiger partial charge in [-0.25, -0.2) is 4.79 Å². The lowest BCUT2D eigenvalue weighted by atomic mass is 10.1. The van der Waals surface area contributed by atoms with Crippen LogP contribution in [-0.4, -0.2) is 30.4 Å². The fraction of sp³-hybridized carbons (Fsp3) is 0.105. The number of carbonyl (C=O) groups is 1. The molecule has 0 aliphatic rings. The molecule has 27 heavy (non-hydrogen) atoms. The Morgan fingerprint density at radius 2 is 1.81 bits per heavy atom. The number of carbonyl (C=O) groups excluding carboxylic acids is 1. The van der Waals surface area contributed by atoms with Gasteiger partial charge >= 0.3 is 12.0 Å². The van der Waals surface area contributed by atoms with Crippen LogP contribution in [-0.2, 0) is 14.3 Å². The Bertz CT molecular complexity index is 966. The number of rotatable bonds is 6. The normalized spacial score (nSPS) is 11.1. The summed E-state index contributed by atoms with van der Waals surface area (Å²) in [6, 6.07) is 13.8. The lowest BCUT2D eigenvalue weighted by molar-refractivity contribution is -0.133. The minimum Gasteiger partial charge on any atom is -0.503 e. The van der Waals surface area contributed by atoms with E-state index in [0.29, 0.717) is 21.9 Å². The Morgan fingerprint density at radius 1 is 1.07 bits per heavy atom. The minimum atomic E-state index is -0.569. The maximum absolute atomic E-state index is 12.0. The van der Waals surface area contributed by atoms with Crippen LogP contribution in [0.25, 0.3) is 17.0 Å². The average Bonchev–Trinajstić information content (AvgIpc) is 3.15. The number of para-hydroxylation sites is 1. The van der Waals surface area contributed by atoms with Crippen LogP contribution in [0.3, 0.4) is 0 Å². The Morgan fingerprint density at radius 3 is 2.52 bits per heavy atom. The molecule has 0 amide bonds. The second kappa shape index (κ2) is 8.37. The zero-order valence-corrected chi connectivity index (χ0v) is 15.3. The lowest BCUT2D eigenvalue weighted by Gasteiger charge is -2.10. The highest BCUT2D eigenvalue weighted by Gasteiger charge is 2.19. The number of esters is 1. The van der Waals surface area contributed by atoms with E-state index >= 15 is 0 Å². The van der Waals surface area contributed by atoms with E-state index in [0.717, 1.165) is 0 Å². The highest BCUT2D eigenvalue weighted by Crippen LogP contribution is 2.31. The monoisotopic (exact) mass is 386 g/mol. The summed E-state index contributed by atoms with van der Waals surface area (Å²) in [6.07, 6.45) is 1.20. The molecule has 0 N–H and O–H groups in total. The summed E-state index contributed by atoms with van der Waals surface area (Å²) in [5.74, 6) is 0.0394. The zero-order valence-electron chi connectivity index (χ0n) is 14.5. The van der Waals surface area contributed by atoms with Crippen LogP contribution in [0.2, 0.25) is 5.02 Å². The van der Waals surface area contributed by atoms with Crippen molar-refractivity contribution in [3.8, 4) is 23.3 Å². The van der Waals surface area contributed by atoms with E-state index in [1.54, 1.807) is 48.5 Å². The molecule has 8 heteroatoms. The maximum Gasteiger partial charge on any atom is 0.420 e. The quantitative estimate of drug-likeness (QED) is 0.354. The van der Waals surface area contributed by atoms with Crippen LogP contribution >= 0.6 is 11.6 Å². The largest absolute Gasteiger partial charge is 0.503 e. The van der Waals surface area contributed by atoms with Crippen LogP contribution < -0.4 is 4.74 Å². The molecule has 1 heterocycles. The second-order valence-corrected chi connectivity index (χ2v) is 5.67. The second-order valence-electron chi connectivity index (χ2n) is 5.24. The van der Waals surface area contributed by atoms with E-state index in [2.05, 4.69) is 10.2 Å². The molecule has 0 bridgehead atoms. The van der Waals surface area contributed by atoms with Crippen molar-refractivity contribution in [3.05, 3.63) is 65.4 Å². The molecule has 0 saturated carbocycles. The molecule has 138 valence electrons. The summed E-state index contributed by atoms with van der Waals surface area (Å²) in [7, 11) is 2.72. The fourth-order valence-corrected chi connectivity index (χ4v) is 2.41. The summed E-state index contributed by atoms with van der Waals surface area (Å²) in [5.41, 5.74) is 1.34. The smallest absolute Gasteiger partial charge is 0.420 e. The van der Waals surface area contributed by atoms with Gasteiger partial charge in [0.25, 0.3) is 5.89 Å². The van der Waals surface area contributed by atoms with Gasteiger partial charge in [-0.2, -0.15) is 0 Å². The summed E-state index contributed by atoms with van der Waals surface area (Å²) < 4.78 is 21.0. The predicted octanol–water partition coefficient (Wildman–Crippen LogP) is 4.34. The van der Waals surface area contributed by atoms with Crippen molar-refractivity contribution in [3.63, 3.8) is 0 Å². The van der Waals surface area contributed by atoms with E-state index < -0.39 is 5.97 Å². The number of hydrogen-bond acceptors (Lipinski definition) is 7. The first-order valence-corrected chi connectivity index (χ1v) is 8.18. The number of hydrogen-bond donors (Lipinski definition) is 0. The van der Waals surface area contributed by atoms with Crippen LogP contribution in [0.5, 0.6) is 11.8 Å². The molecule has 0 aliphatic carbocycles. The molecule has 0 fully saturated rings. The van der Waals surface area contributed by atoms with Gasteiger partial charge in [-0.15, -0.1) is 5.10 Å². The highest BCUT2D eigenvalue weighted by molar-refractivity contribution is 6.30. The first-order chi connectivity index (χ1) is 13.1. The van der Waals surface area contributed by atoms with Gasteiger partial charge in [0.2, 0.25) is 0 Å². The first-order valence-electron chi connectivity index (χ1n) is 7.80. The van der Waals surface area contributed by atoms with Crippen molar-refractivity contribution in [1.29, 1.82) is 0 Å². The molecule has 0 unspecified atom stereocenters. The average molecular weight is 387 g/mol. The van der Waals surface area contributed by atoms with Gasteiger partial charge < -0.3 is 18.6 Å². The van der Waals surface area contributed by atoms with Crippen molar-refractivity contribution >= 4 is 23.1 Å². The predicted molar refractivity (Wildman–Crippen MR) is 98.3 cm³/mol. The van der Waals surface area contributed by atoms with Crippen molar-refractivity contribution in [2.24, 2.45) is 0 Å². The molecule has 0 atom stereocenters. The molecule has 3 rings (SSSR count). The molecule has 0 radical (unpaired) electrons. The molecule has 0 saturated heterocycles. The van der Waals surface area contributed by atoms with E-state index in [-0.39, 0.29) is 17.5 Å². The van der Waals surface area contributed by atoms with E-state index in [1.807, 2.05) is 0 Å². The topological polar surface area (TPSA) is 83.7 Å². The van der Waals surface area contributed by atoms with Crippen LogP contribution in [0.4, 0.5) is 0 Å². The third-order valence-corrected chi connectivity index (χ3v) is 3.77. The summed E-state index contributed by atoms with van der Waals surface area (Å²) in [4.78, 5) is 12.0. The molecule has 0 aliphatic heterocycles. The number of methoxy groups -OCH3 is 2. The van der Waals surface area contributed by atoms with Gasteiger partial charge in [-0.3, -0.25) is 0 Å². The molecule has 0 spiro atoms. The lowest BCUT2D eigenvalue weighted by Crippen LogP contribution is -2.05. The Kier molecular flexibility index (Phi) is 5.73. The molecule has 3 aromatic rings. The van der Waals surface area contributed by atoms with Gasteiger partial charge in [-0.1, -0.05) is 34.9 Å². The van der Waals surface area contributed by atoms with E-state index in [9.17, 15) is 4.79 Å². The van der Waals surface area contributed by atoms with Gasteiger partial charge in [-0.05, 0) is 30.3 Å². The number of ether oxygens (including phenoxy) is 3. The number of benzene rings is 2. The highest BCUT2D eigenvalue weighted by atomic mass is 35.5. The van der Waals surface area contributed by atoms with Crippen molar-refractivity contribution in [2.75, 3.05) is 14.2 Å². The SMILES string of the molecule is COC=C(C(=O)OC)c1ccccc1Oc1nnc(-c2ccc(Cl)cc2)o1. The summed E-state index contributed by atoms with van der Waals surface area (Å²) >= 11 is 5.88. The summed E-state index contributed by atoms with van der Waals surface area (Å²) in [6.45, 7) is 0. The molecule has 7 nitrogen and oxygen atoms in total. The number of nitrogens with zero attached hydrogens (tertiary/aromatic N) is 2. The first kappa shape index (κ1) is 18.5. The van der Waals surface area contributed by atoms with Gasteiger partial charge in [0.1, 0.15) is 11.3 Å². The fourth-order valence-electron chi connectivity index (χ4n) is 2.28. The number of aromatic nitrogens is 2. The van der Waals surface area contributed by atoms with Crippen molar-refractivity contribution in [2.45, 2.75) is 0 Å². The van der Waals surface area contributed by atoms with Crippen LogP contribution in [0.1, 0.15) is 5.56 Å². The van der Waals surface area contributed by atoms with E-state index in [1.165, 1.54) is 20.5 Å². The number of halogens is 1. The van der Waals surface area contributed by atoms with Crippen molar-refractivity contribution < 1.29 is 23.4 Å². The third-order valence-electron chi connectivity index (χ3n) is 3.51. The van der Waals surface area contributed by atoms with E-state index in [4.69, 9.17) is 30.2 Å². The van der Waals surface area contributed by atoms with Gasteiger partial charge in [0, 0.05) is 16.1 Å². The Hall–Kier alpha value is -3.32. The minimum absolute atomic E-state index is 0.0750. The zero-order chi connectivity index (χ0) is 19.2.